The van der Waals surface area contributed by atoms with E-state index in [4.69, 9.17) is 9.15 Å². The first kappa shape index (κ1) is 18.6. The zero-order chi connectivity index (χ0) is 18.5. The summed E-state index contributed by atoms with van der Waals surface area (Å²) in [5.41, 5.74) is 0. The van der Waals surface area contributed by atoms with E-state index in [0.717, 1.165) is 55.8 Å². The van der Waals surface area contributed by atoms with Crippen molar-refractivity contribution in [3.8, 4) is 0 Å². The third kappa shape index (κ3) is 4.50. The van der Waals surface area contributed by atoms with E-state index in [1.54, 1.807) is 7.11 Å². The first-order valence-electron chi connectivity index (χ1n) is 9.04. The molecular weight excluding hydrogens is 334 g/mol. The van der Waals surface area contributed by atoms with Gasteiger partial charge in [-0.05, 0) is 26.0 Å². The molecule has 0 saturated carbocycles. The van der Waals surface area contributed by atoms with Crippen molar-refractivity contribution in [3.63, 3.8) is 0 Å². The minimum atomic E-state index is -0.181. The van der Waals surface area contributed by atoms with E-state index in [0.29, 0.717) is 13.0 Å². The summed E-state index contributed by atoms with van der Waals surface area (Å²) in [5.74, 6) is 3.66. The van der Waals surface area contributed by atoms with E-state index in [1.165, 1.54) is 0 Å². The summed E-state index contributed by atoms with van der Waals surface area (Å²) < 4.78 is 12.8. The lowest BCUT2D eigenvalue weighted by molar-refractivity contribution is -0.122. The van der Waals surface area contributed by atoms with Gasteiger partial charge in [0.25, 0.3) is 0 Å². The number of rotatable bonds is 7. The summed E-state index contributed by atoms with van der Waals surface area (Å²) in [7, 11) is 1.59. The molecule has 26 heavy (non-hydrogen) atoms. The minimum absolute atomic E-state index is 0.0415. The Hall–Kier alpha value is -2.19. The monoisotopic (exact) mass is 361 g/mol. The maximum absolute atomic E-state index is 11.9. The van der Waals surface area contributed by atoms with Crippen molar-refractivity contribution in [2.45, 2.75) is 45.8 Å². The molecule has 1 N–H and O–H groups in total. The minimum Gasteiger partial charge on any atom is -0.465 e. The number of methoxy groups -OCH3 is 1. The lowest BCUT2D eigenvalue weighted by Crippen LogP contribution is -2.30. The normalized spacial score (nSPS) is 16.1. The maximum Gasteiger partial charge on any atom is 0.222 e. The fourth-order valence-corrected chi connectivity index (χ4v) is 3.23. The van der Waals surface area contributed by atoms with Crippen LogP contribution in [0.25, 0.3) is 0 Å². The molecule has 0 aliphatic carbocycles. The number of aryl methyl sites for hydroxylation is 1. The second-order valence-electron chi connectivity index (χ2n) is 6.70. The van der Waals surface area contributed by atoms with Crippen LogP contribution in [0.2, 0.25) is 0 Å². The SMILES string of the molecule is COCCC(=O)N[C@@H](C)c1nnc2n1CCN(Cc1ccc(C)o1)CC2. The molecule has 8 nitrogen and oxygen atoms in total. The van der Waals surface area contributed by atoms with Gasteiger partial charge in [0.05, 0.1) is 19.2 Å². The van der Waals surface area contributed by atoms with Crippen LogP contribution < -0.4 is 5.32 Å². The Morgan fingerprint density at radius 1 is 1.35 bits per heavy atom. The highest BCUT2D eigenvalue weighted by Crippen LogP contribution is 2.17. The van der Waals surface area contributed by atoms with Crippen LogP contribution >= 0.6 is 0 Å². The van der Waals surface area contributed by atoms with E-state index in [1.807, 2.05) is 26.0 Å². The maximum atomic E-state index is 11.9. The molecule has 0 aromatic carbocycles. The van der Waals surface area contributed by atoms with E-state index in [2.05, 4.69) is 25.0 Å². The number of carbonyl (C=O) groups excluding carboxylic acids is 1. The van der Waals surface area contributed by atoms with Gasteiger partial charge < -0.3 is 19.0 Å². The molecular formula is C18H27N5O3. The molecule has 0 radical (unpaired) electrons. The average molecular weight is 361 g/mol. The number of amides is 1. The molecule has 1 aliphatic heterocycles. The number of ether oxygens (including phenoxy) is 1. The van der Waals surface area contributed by atoms with Crippen LogP contribution in [0.1, 0.15) is 42.6 Å². The van der Waals surface area contributed by atoms with Gasteiger partial charge in [-0.25, -0.2) is 0 Å². The van der Waals surface area contributed by atoms with E-state index in [-0.39, 0.29) is 11.9 Å². The van der Waals surface area contributed by atoms with Gasteiger partial charge in [0.1, 0.15) is 17.3 Å². The lowest BCUT2D eigenvalue weighted by atomic mass is 10.3. The van der Waals surface area contributed by atoms with Crippen molar-refractivity contribution in [2.75, 3.05) is 26.8 Å². The largest absolute Gasteiger partial charge is 0.465 e. The lowest BCUT2D eigenvalue weighted by Gasteiger charge is -2.19. The van der Waals surface area contributed by atoms with Crippen LogP contribution in [-0.4, -0.2) is 52.4 Å². The predicted molar refractivity (Wildman–Crippen MR) is 95.5 cm³/mol. The number of furan rings is 1. The molecule has 1 atom stereocenters. The topological polar surface area (TPSA) is 85.4 Å². The van der Waals surface area contributed by atoms with E-state index >= 15 is 0 Å². The molecule has 0 unspecified atom stereocenters. The van der Waals surface area contributed by atoms with Crippen molar-refractivity contribution in [1.29, 1.82) is 0 Å². The highest BCUT2D eigenvalue weighted by molar-refractivity contribution is 5.76. The fraction of sp³-hybridized carbons (Fsp3) is 0.611. The van der Waals surface area contributed by atoms with Gasteiger partial charge in [-0.3, -0.25) is 9.69 Å². The summed E-state index contributed by atoms with van der Waals surface area (Å²) in [6, 6.07) is 3.84. The highest BCUT2D eigenvalue weighted by Gasteiger charge is 2.23. The van der Waals surface area contributed by atoms with Gasteiger partial charge in [0.2, 0.25) is 5.91 Å². The molecule has 142 valence electrons. The summed E-state index contributed by atoms with van der Waals surface area (Å²) in [5, 5.41) is 11.6. The van der Waals surface area contributed by atoms with Gasteiger partial charge in [-0.1, -0.05) is 0 Å². The fourth-order valence-electron chi connectivity index (χ4n) is 3.23. The number of hydrogen-bond donors (Lipinski definition) is 1. The van der Waals surface area contributed by atoms with E-state index < -0.39 is 0 Å². The van der Waals surface area contributed by atoms with Gasteiger partial charge in [0, 0.05) is 39.6 Å². The molecule has 0 spiro atoms. The summed E-state index contributed by atoms with van der Waals surface area (Å²) in [6.45, 7) is 7.71. The van der Waals surface area contributed by atoms with Gasteiger partial charge >= 0.3 is 0 Å². The van der Waals surface area contributed by atoms with Gasteiger partial charge in [0.15, 0.2) is 5.82 Å². The number of hydrogen-bond acceptors (Lipinski definition) is 6. The van der Waals surface area contributed by atoms with Crippen molar-refractivity contribution in [2.24, 2.45) is 0 Å². The van der Waals surface area contributed by atoms with Gasteiger partial charge in [-0.15, -0.1) is 10.2 Å². The third-order valence-electron chi connectivity index (χ3n) is 4.62. The summed E-state index contributed by atoms with van der Waals surface area (Å²) in [6.07, 6.45) is 1.18. The van der Waals surface area contributed by atoms with Gasteiger partial charge in [-0.2, -0.15) is 0 Å². The Kier molecular flexibility index (Phi) is 6.05. The second-order valence-corrected chi connectivity index (χ2v) is 6.70. The first-order valence-corrected chi connectivity index (χ1v) is 9.04. The standard InChI is InChI=1S/C18H27N5O3/c1-13-4-5-15(26-13)12-22-8-6-16-20-21-18(23(16)10-9-22)14(2)19-17(24)7-11-25-3/h4-5,14H,6-12H2,1-3H3,(H,19,24)/t14-/m0/s1. The van der Waals surface area contributed by atoms with Crippen LogP contribution in [0.15, 0.2) is 16.5 Å². The van der Waals surface area contributed by atoms with Crippen molar-refractivity contribution >= 4 is 5.91 Å². The Labute approximate surface area is 153 Å². The molecule has 2 aromatic rings. The number of aromatic nitrogens is 3. The Bertz CT molecular complexity index is 739. The quantitative estimate of drug-likeness (QED) is 0.803. The number of nitrogens with zero attached hydrogens (tertiary/aromatic N) is 4. The zero-order valence-electron chi connectivity index (χ0n) is 15.7. The molecule has 0 fully saturated rings. The second kappa shape index (κ2) is 8.46. The van der Waals surface area contributed by atoms with Crippen LogP contribution in [0.4, 0.5) is 0 Å². The van der Waals surface area contributed by atoms with Crippen molar-refractivity contribution in [3.05, 3.63) is 35.3 Å². The number of nitrogens with one attached hydrogen (secondary N) is 1. The molecule has 1 amide bonds. The van der Waals surface area contributed by atoms with Crippen LogP contribution in [0.3, 0.4) is 0 Å². The molecule has 1 aliphatic rings. The predicted octanol–water partition coefficient (Wildman–Crippen LogP) is 1.45. The Morgan fingerprint density at radius 2 is 2.19 bits per heavy atom. The first-order chi connectivity index (χ1) is 12.6. The molecule has 2 aromatic heterocycles. The van der Waals surface area contributed by atoms with Crippen LogP contribution in [0, 0.1) is 6.92 Å². The molecule has 3 rings (SSSR count). The number of fused-ring (bicyclic) bond motifs is 1. The van der Waals surface area contributed by atoms with Crippen molar-refractivity contribution in [1.82, 2.24) is 25.0 Å². The van der Waals surface area contributed by atoms with Crippen LogP contribution in [-0.2, 0) is 29.0 Å². The Morgan fingerprint density at radius 3 is 2.92 bits per heavy atom. The smallest absolute Gasteiger partial charge is 0.222 e. The molecule has 8 heteroatoms. The average Bonchev–Trinajstić information content (AvgIpc) is 3.16. The summed E-state index contributed by atoms with van der Waals surface area (Å²) >= 11 is 0. The molecule has 0 saturated heterocycles. The van der Waals surface area contributed by atoms with Crippen molar-refractivity contribution < 1.29 is 13.9 Å². The Balaban J connectivity index is 1.61. The molecule has 3 heterocycles. The third-order valence-corrected chi connectivity index (χ3v) is 4.62. The summed E-state index contributed by atoms with van der Waals surface area (Å²) in [4.78, 5) is 14.3. The van der Waals surface area contributed by atoms with Crippen LogP contribution in [0.5, 0.6) is 0 Å². The number of carbonyl (C=O) groups is 1. The molecule has 0 bridgehead atoms. The highest BCUT2D eigenvalue weighted by atomic mass is 16.5. The zero-order valence-corrected chi connectivity index (χ0v) is 15.7. The van der Waals surface area contributed by atoms with E-state index in [9.17, 15) is 4.79 Å².